The minimum Gasteiger partial charge on any atom is -0.426 e. The number of alkyl halides is 3. The summed E-state index contributed by atoms with van der Waals surface area (Å²) in [6.07, 6.45) is -3.78. The van der Waals surface area contributed by atoms with Crippen molar-refractivity contribution >= 4 is 5.71 Å². The van der Waals surface area contributed by atoms with E-state index in [1.54, 1.807) is 0 Å². The van der Waals surface area contributed by atoms with E-state index in [-0.39, 0.29) is 5.71 Å². The molecule has 4 nitrogen and oxygen atoms in total. The molecule has 0 atom stereocenters. The lowest BCUT2D eigenvalue weighted by Gasteiger charge is -2.09. The Bertz CT molecular complexity index is 567. The fourth-order valence-electron chi connectivity index (χ4n) is 1.32. The van der Waals surface area contributed by atoms with Crippen LogP contribution in [-0.2, 0) is 6.18 Å². The SMILES string of the molecule is Cc1c(C(F)(F)F)n2ncoc2cc1=O. The number of hydrogen-bond acceptors (Lipinski definition) is 3. The fraction of sp³-hybridized carbons (Fsp3) is 0.250. The molecule has 0 radical (unpaired) electrons. The average molecular weight is 218 g/mol. The molecule has 0 spiro atoms. The monoisotopic (exact) mass is 218 g/mol. The van der Waals surface area contributed by atoms with Crippen molar-refractivity contribution in [2.45, 2.75) is 13.1 Å². The van der Waals surface area contributed by atoms with Crippen LogP contribution in [0.15, 0.2) is 21.7 Å². The largest absolute Gasteiger partial charge is 0.433 e. The topological polar surface area (TPSA) is 47.5 Å². The molecule has 2 heterocycles. The van der Waals surface area contributed by atoms with Gasteiger partial charge in [0.1, 0.15) is 0 Å². The summed E-state index contributed by atoms with van der Waals surface area (Å²) in [6, 6.07) is 0.970. The highest BCUT2D eigenvalue weighted by molar-refractivity contribution is 5.38. The number of fused-ring (bicyclic) bond motifs is 1. The van der Waals surface area contributed by atoms with Gasteiger partial charge in [-0.3, -0.25) is 4.79 Å². The van der Waals surface area contributed by atoms with Gasteiger partial charge in [-0.2, -0.15) is 17.7 Å². The second-order valence-corrected chi connectivity index (χ2v) is 2.97. The summed E-state index contributed by atoms with van der Waals surface area (Å²) in [4.78, 5) is 11.2. The van der Waals surface area contributed by atoms with E-state index in [2.05, 4.69) is 9.52 Å². The number of aromatic nitrogens is 2. The van der Waals surface area contributed by atoms with Gasteiger partial charge in [-0.1, -0.05) is 0 Å². The van der Waals surface area contributed by atoms with Crippen LogP contribution in [0.1, 0.15) is 11.3 Å². The lowest BCUT2D eigenvalue weighted by molar-refractivity contribution is -0.143. The molecule has 80 valence electrons. The van der Waals surface area contributed by atoms with Gasteiger partial charge in [-0.05, 0) is 6.92 Å². The minimum atomic E-state index is -4.63. The number of nitrogens with zero attached hydrogens (tertiary/aromatic N) is 2. The Balaban J connectivity index is 2.96. The van der Waals surface area contributed by atoms with E-state index >= 15 is 0 Å². The van der Waals surface area contributed by atoms with Gasteiger partial charge < -0.3 is 4.42 Å². The molecule has 2 aromatic rings. The number of rotatable bonds is 0. The molecule has 0 aliphatic heterocycles. The van der Waals surface area contributed by atoms with Crippen molar-refractivity contribution in [2.24, 2.45) is 0 Å². The molecule has 2 aromatic heterocycles. The molecule has 0 fully saturated rings. The van der Waals surface area contributed by atoms with Crippen molar-refractivity contribution in [3.8, 4) is 0 Å². The molecule has 0 aliphatic rings. The second-order valence-electron chi connectivity index (χ2n) is 2.97. The molecule has 0 saturated heterocycles. The van der Waals surface area contributed by atoms with Crippen LogP contribution in [0.2, 0.25) is 0 Å². The van der Waals surface area contributed by atoms with Gasteiger partial charge in [0.2, 0.25) is 12.1 Å². The predicted molar refractivity (Wildman–Crippen MR) is 43.5 cm³/mol. The average Bonchev–Trinajstić information content (AvgIpc) is 2.50. The zero-order valence-electron chi connectivity index (χ0n) is 7.50. The smallest absolute Gasteiger partial charge is 0.426 e. The van der Waals surface area contributed by atoms with Crippen LogP contribution < -0.4 is 5.43 Å². The highest BCUT2D eigenvalue weighted by Crippen LogP contribution is 2.30. The third kappa shape index (κ3) is 1.39. The maximum atomic E-state index is 12.6. The molecule has 0 amide bonds. The van der Waals surface area contributed by atoms with E-state index in [0.717, 1.165) is 19.4 Å². The second kappa shape index (κ2) is 2.85. The molecule has 0 bridgehead atoms. The first-order valence-corrected chi connectivity index (χ1v) is 3.94. The Morgan fingerprint density at radius 2 is 2.13 bits per heavy atom. The molecule has 0 aromatic carbocycles. The Kier molecular flexibility index (Phi) is 1.85. The third-order valence-electron chi connectivity index (χ3n) is 2.00. The molecule has 0 N–H and O–H groups in total. The highest BCUT2D eigenvalue weighted by atomic mass is 19.4. The molecule has 15 heavy (non-hydrogen) atoms. The van der Waals surface area contributed by atoms with Crippen LogP contribution in [0.3, 0.4) is 0 Å². The van der Waals surface area contributed by atoms with Crippen molar-refractivity contribution in [1.29, 1.82) is 0 Å². The van der Waals surface area contributed by atoms with Gasteiger partial charge >= 0.3 is 6.18 Å². The fourth-order valence-corrected chi connectivity index (χ4v) is 1.32. The maximum absolute atomic E-state index is 12.6. The summed E-state index contributed by atoms with van der Waals surface area (Å²) in [6.45, 7) is 1.10. The molecule has 0 aliphatic carbocycles. The Morgan fingerprint density at radius 3 is 2.73 bits per heavy atom. The normalized spacial score (nSPS) is 12.3. The van der Waals surface area contributed by atoms with E-state index in [9.17, 15) is 18.0 Å². The molecule has 0 unspecified atom stereocenters. The van der Waals surface area contributed by atoms with Crippen LogP contribution in [0.25, 0.3) is 5.71 Å². The van der Waals surface area contributed by atoms with Crippen molar-refractivity contribution in [3.05, 3.63) is 33.9 Å². The Hall–Kier alpha value is -1.79. The first-order chi connectivity index (χ1) is 6.91. The number of hydrogen-bond donors (Lipinski definition) is 0. The quantitative estimate of drug-likeness (QED) is 0.674. The van der Waals surface area contributed by atoms with Crippen molar-refractivity contribution in [1.82, 2.24) is 9.61 Å². The summed E-state index contributed by atoms with van der Waals surface area (Å²) >= 11 is 0. The van der Waals surface area contributed by atoms with Gasteiger partial charge in [0.05, 0.1) is 0 Å². The third-order valence-corrected chi connectivity index (χ3v) is 2.00. The van der Waals surface area contributed by atoms with Crippen molar-refractivity contribution in [2.75, 3.05) is 0 Å². The molecule has 2 rings (SSSR count). The summed E-state index contributed by atoms with van der Waals surface area (Å²) in [7, 11) is 0. The summed E-state index contributed by atoms with van der Waals surface area (Å²) in [5.41, 5.74) is -2.44. The Labute approximate surface area is 80.9 Å². The van der Waals surface area contributed by atoms with Crippen molar-refractivity contribution in [3.63, 3.8) is 0 Å². The van der Waals surface area contributed by atoms with Crippen LogP contribution in [-0.4, -0.2) is 9.61 Å². The number of pyridine rings is 1. The van der Waals surface area contributed by atoms with Crippen LogP contribution >= 0.6 is 0 Å². The van der Waals surface area contributed by atoms with Gasteiger partial charge in [0.15, 0.2) is 11.1 Å². The minimum absolute atomic E-state index is 0.224. The molecule has 7 heteroatoms. The lowest BCUT2D eigenvalue weighted by atomic mass is 10.2. The van der Waals surface area contributed by atoms with Gasteiger partial charge in [0, 0.05) is 11.6 Å². The van der Waals surface area contributed by atoms with E-state index in [1.807, 2.05) is 0 Å². The molecule has 0 saturated carbocycles. The van der Waals surface area contributed by atoms with E-state index < -0.39 is 22.9 Å². The van der Waals surface area contributed by atoms with Gasteiger partial charge in [0.25, 0.3) is 0 Å². The highest BCUT2D eigenvalue weighted by Gasteiger charge is 2.37. The standard InChI is InChI=1S/C8H5F3N2O2/c1-4-5(14)2-6-13(12-3-15-6)7(4)8(9,10)11/h2-3H,1H3. The predicted octanol–water partition coefficient (Wildman–Crippen LogP) is 1.61. The van der Waals surface area contributed by atoms with Crippen LogP contribution in [0.4, 0.5) is 13.2 Å². The van der Waals surface area contributed by atoms with E-state index in [4.69, 9.17) is 0 Å². The lowest BCUT2D eigenvalue weighted by Crippen LogP contribution is -2.20. The summed E-state index contributed by atoms with van der Waals surface area (Å²) in [5.74, 6) is 0. The van der Waals surface area contributed by atoms with E-state index in [1.165, 1.54) is 0 Å². The summed E-state index contributed by atoms with van der Waals surface area (Å²) < 4.78 is 43.0. The van der Waals surface area contributed by atoms with Crippen LogP contribution in [0, 0.1) is 6.92 Å². The van der Waals surface area contributed by atoms with Gasteiger partial charge in [-0.15, -0.1) is 5.10 Å². The van der Waals surface area contributed by atoms with Crippen molar-refractivity contribution < 1.29 is 17.6 Å². The number of halogens is 3. The van der Waals surface area contributed by atoms with E-state index in [0.29, 0.717) is 4.52 Å². The zero-order chi connectivity index (χ0) is 11.2. The van der Waals surface area contributed by atoms with Crippen LogP contribution in [0.5, 0.6) is 0 Å². The Morgan fingerprint density at radius 1 is 1.47 bits per heavy atom. The molecular formula is C8H5F3N2O2. The maximum Gasteiger partial charge on any atom is 0.433 e. The zero-order valence-corrected chi connectivity index (χ0v) is 7.50. The first-order valence-electron chi connectivity index (χ1n) is 3.94. The molecular weight excluding hydrogens is 213 g/mol. The summed E-state index contributed by atoms with van der Waals surface area (Å²) in [5, 5.41) is 3.38. The van der Waals surface area contributed by atoms with Gasteiger partial charge in [-0.25, -0.2) is 0 Å². The first kappa shape index (κ1) is 9.75.